The van der Waals surface area contributed by atoms with Crippen LogP contribution in [0.4, 0.5) is 11.4 Å². The normalized spacial score (nSPS) is 15.1. The van der Waals surface area contributed by atoms with Crippen molar-refractivity contribution in [2.24, 2.45) is 0 Å². The minimum Gasteiger partial charge on any atom is -0.355 e. The summed E-state index contributed by atoms with van der Waals surface area (Å²) in [4.78, 5) is 26.1. The second-order valence-corrected chi connectivity index (χ2v) is 6.92. The van der Waals surface area contributed by atoms with E-state index in [1.165, 1.54) is 29.0 Å². The lowest BCUT2D eigenvalue weighted by atomic mass is 10.1. The van der Waals surface area contributed by atoms with E-state index in [2.05, 4.69) is 36.1 Å². The zero-order valence-electron chi connectivity index (χ0n) is 15.2. The van der Waals surface area contributed by atoms with Gasteiger partial charge in [0, 0.05) is 17.2 Å². The van der Waals surface area contributed by atoms with Crippen molar-refractivity contribution in [2.75, 3.05) is 31.1 Å². The van der Waals surface area contributed by atoms with Crippen molar-refractivity contribution in [3.05, 3.63) is 69.3 Å². The Morgan fingerprint density at radius 3 is 2.54 bits per heavy atom. The average Bonchev–Trinajstić information content (AvgIpc) is 2.62. The number of anilines is 1. The van der Waals surface area contributed by atoms with Crippen LogP contribution in [0.25, 0.3) is 0 Å². The highest BCUT2D eigenvalue weighted by atomic mass is 16.6. The number of nitrogens with zero attached hydrogens (tertiary/aromatic N) is 2. The minimum absolute atomic E-state index is 0.0137. The summed E-state index contributed by atoms with van der Waals surface area (Å²) in [5, 5.41) is 11.4. The topological polar surface area (TPSA) is 67.9 Å². The number of benzene rings is 2. The maximum absolute atomic E-state index is 11.5. The lowest BCUT2D eigenvalue weighted by Gasteiger charge is -2.33. The first kappa shape index (κ1) is 18.1. The van der Waals surface area contributed by atoms with Crippen LogP contribution >= 0.6 is 0 Å². The Hall–Kier alpha value is -2.73. The second kappa shape index (κ2) is 7.66. The van der Waals surface area contributed by atoms with Crippen LogP contribution in [-0.4, -0.2) is 36.9 Å². The molecule has 1 fully saturated rings. The molecule has 0 spiro atoms. The van der Waals surface area contributed by atoms with Gasteiger partial charge >= 0.3 is 0 Å². The average molecular weight is 354 g/mol. The monoisotopic (exact) mass is 354 g/mol. The van der Waals surface area contributed by atoms with Gasteiger partial charge < -0.3 is 9.80 Å². The summed E-state index contributed by atoms with van der Waals surface area (Å²) in [6, 6.07) is 13.3. The number of hydrogen-bond acceptors (Lipinski definition) is 4. The van der Waals surface area contributed by atoms with E-state index >= 15 is 0 Å². The van der Waals surface area contributed by atoms with Crippen LogP contribution < -0.4 is 9.80 Å². The molecule has 0 bridgehead atoms. The highest BCUT2D eigenvalue weighted by Crippen LogP contribution is 2.29. The fraction of sp³-hybridized carbons (Fsp3) is 0.350. The van der Waals surface area contributed by atoms with Crippen molar-refractivity contribution < 1.29 is 14.6 Å². The third-order valence-electron chi connectivity index (χ3n) is 4.93. The summed E-state index contributed by atoms with van der Waals surface area (Å²) < 4.78 is 0. The maximum Gasteiger partial charge on any atom is 0.293 e. The lowest BCUT2D eigenvalue weighted by molar-refractivity contribution is -0.914. The fourth-order valence-corrected chi connectivity index (χ4v) is 3.51. The van der Waals surface area contributed by atoms with Gasteiger partial charge in [-0.25, -0.2) is 0 Å². The third-order valence-corrected chi connectivity index (χ3v) is 4.93. The molecule has 0 unspecified atom stereocenters. The number of hydrogen-bond donors (Lipinski definition) is 1. The summed E-state index contributed by atoms with van der Waals surface area (Å²) >= 11 is 0. The number of nitrogens with one attached hydrogen (secondary N) is 1. The van der Waals surface area contributed by atoms with Crippen LogP contribution in [0.1, 0.15) is 28.4 Å². The summed E-state index contributed by atoms with van der Waals surface area (Å²) in [5.74, 6) is -0.160. The molecule has 0 aliphatic carbocycles. The van der Waals surface area contributed by atoms with Gasteiger partial charge in [0.2, 0.25) is 0 Å². The Labute approximate surface area is 153 Å². The van der Waals surface area contributed by atoms with Crippen LogP contribution in [0.3, 0.4) is 0 Å². The largest absolute Gasteiger partial charge is 0.355 e. The number of carbonyl (C=O) groups is 1. The number of aryl methyl sites for hydroxylation is 1. The standard InChI is InChI=1S/C20H23N3O3/c1-15-4-3-5-17(12-15)14-21-8-10-22(11-9-21)19-7-6-18(16(2)24)13-20(19)23(25)26/h3-7,12-13H,8-11,14H2,1-2H3/p+1. The number of ketones is 1. The first-order valence-corrected chi connectivity index (χ1v) is 8.87. The Morgan fingerprint density at radius 1 is 1.19 bits per heavy atom. The van der Waals surface area contributed by atoms with Crippen molar-refractivity contribution in [3.63, 3.8) is 0 Å². The molecule has 1 aliphatic rings. The second-order valence-electron chi connectivity index (χ2n) is 6.92. The van der Waals surface area contributed by atoms with E-state index in [9.17, 15) is 14.9 Å². The van der Waals surface area contributed by atoms with Gasteiger partial charge in [-0.2, -0.15) is 0 Å². The molecule has 3 rings (SSSR count). The third kappa shape index (κ3) is 4.08. The Balaban J connectivity index is 1.69. The van der Waals surface area contributed by atoms with Gasteiger partial charge in [-0.15, -0.1) is 0 Å². The molecule has 1 N–H and O–H groups in total. The molecule has 2 aromatic carbocycles. The molecule has 0 amide bonds. The van der Waals surface area contributed by atoms with Crippen molar-refractivity contribution in [2.45, 2.75) is 20.4 Å². The molecule has 6 nitrogen and oxygen atoms in total. The molecule has 136 valence electrons. The van der Waals surface area contributed by atoms with Gasteiger partial charge in [-0.1, -0.05) is 29.8 Å². The molecule has 26 heavy (non-hydrogen) atoms. The molecular weight excluding hydrogens is 330 g/mol. The molecule has 1 saturated heterocycles. The number of carbonyl (C=O) groups excluding carboxylic acids is 1. The molecule has 0 atom stereocenters. The van der Waals surface area contributed by atoms with Crippen molar-refractivity contribution in [1.82, 2.24) is 0 Å². The van der Waals surface area contributed by atoms with Crippen LogP contribution in [-0.2, 0) is 6.54 Å². The van der Waals surface area contributed by atoms with E-state index in [1.807, 2.05) is 0 Å². The SMILES string of the molecule is CC(=O)c1ccc(N2CC[NH+](Cc3cccc(C)c3)CC2)c([N+](=O)[O-])c1. The zero-order valence-corrected chi connectivity index (χ0v) is 15.2. The van der Waals surface area contributed by atoms with Crippen molar-refractivity contribution >= 4 is 17.2 Å². The van der Waals surface area contributed by atoms with Gasteiger partial charge in [0.05, 0.1) is 31.1 Å². The van der Waals surface area contributed by atoms with Gasteiger partial charge in [0.25, 0.3) is 5.69 Å². The smallest absolute Gasteiger partial charge is 0.293 e. The van der Waals surface area contributed by atoms with Gasteiger partial charge in [-0.05, 0) is 26.0 Å². The highest BCUT2D eigenvalue weighted by molar-refractivity contribution is 5.95. The van der Waals surface area contributed by atoms with Crippen molar-refractivity contribution in [1.29, 1.82) is 0 Å². The molecule has 2 aromatic rings. The summed E-state index contributed by atoms with van der Waals surface area (Å²) in [5.41, 5.74) is 3.59. The maximum atomic E-state index is 11.5. The van der Waals surface area contributed by atoms with Gasteiger partial charge in [-0.3, -0.25) is 14.9 Å². The highest BCUT2D eigenvalue weighted by Gasteiger charge is 2.26. The molecular formula is C20H24N3O3+. The lowest BCUT2D eigenvalue weighted by Crippen LogP contribution is -3.13. The van der Waals surface area contributed by atoms with E-state index < -0.39 is 4.92 Å². The zero-order chi connectivity index (χ0) is 18.7. The van der Waals surface area contributed by atoms with E-state index in [0.717, 1.165) is 32.7 Å². The van der Waals surface area contributed by atoms with Crippen LogP contribution in [0.2, 0.25) is 0 Å². The number of nitro benzene ring substituents is 1. The van der Waals surface area contributed by atoms with Gasteiger partial charge in [0.15, 0.2) is 5.78 Å². The number of Topliss-reactive ketones (excluding diaryl/α,β-unsaturated/α-hetero) is 1. The predicted octanol–water partition coefficient (Wildman–Crippen LogP) is 2.01. The number of nitro groups is 1. The van der Waals surface area contributed by atoms with E-state index in [1.54, 1.807) is 12.1 Å². The Bertz CT molecular complexity index is 827. The van der Waals surface area contributed by atoms with Crippen molar-refractivity contribution in [3.8, 4) is 0 Å². The number of quaternary nitrogens is 1. The fourth-order valence-electron chi connectivity index (χ4n) is 3.51. The van der Waals surface area contributed by atoms with E-state index in [4.69, 9.17) is 0 Å². The summed E-state index contributed by atoms with van der Waals surface area (Å²) in [6.07, 6.45) is 0. The van der Waals surface area contributed by atoms with E-state index in [0.29, 0.717) is 11.3 Å². The van der Waals surface area contributed by atoms with Crippen LogP contribution in [0.5, 0.6) is 0 Å². The molecule has 1 aliphatic heterocycles. The van der Waals surface area contributed by atoms with Crippen LogP contribution in [0.15, 0.2) is 42.5 Å². The first-order valence-electron chi connectivity index (χ1n) is 8.87. The molecule has 0 radical (unpaired) electrons. The first-order chi connectivity index (χ1) is 12.4. The van der Waals surface area contributed by atoms with Crippen LogP contribution in [0, 0.1) is 17.0 Å². The Morgan fingerprint density at radius 2 is 1.92 bits per heavy atom. The van der Waals surface area contributed by atoms with Gasteiger partial charge in [0.1, 0.15) is 12.2 Å². The summed E-state index contributed by atoms with van der Waals surface area (Å²) in [7, 11) is 0. The minimum atomic E-state index is -0.395. The number of rotatable bonds is 5. The molecule has 0 aromatic heterocycles. The quantitative estimate of drug-likeness (QED) is 0.507. The molecule has 0 saturated carbocycles. The number of piperazine rings is 1. The molecule has 1 heterocycles. The summed E-state index contributed by atoms with van der Waals surface area (Å²) in [6.45, 7) is 7.88. The van der Waals surface area contributed by atoms with E-state index in [-0.39, 0.29) is 11.5 Å². The predicted molar refractivity (Wildman–Crippen MR) is 101 cm³/mol. The Kier molecular flexibility index (Phi) is 5.32. The molecule has 6 heteroatoms.